The number of likely N-dealkylation sites (tertiary alicyclic amines) is 1. The minimum absolute atomic E-state index is 0.230. The summed E-state index contributed by atoms with van der Waals surface area (Å²) < 4.78 is 5.50. The molecule has 1 aromatic rings. The van der Waals surface area contributed by atoms with E-state index in [1.807, 2.05) is 31.7 Å². The number of H-pyrrole nitrogens is 1. The molecular formula is C15H26N4O2. The topological polar surface area (TPSA) is 70.2 Å². The maximum atomic E-state index is 12.3. The van der Waals surface area contributed by atoms with Crippen LogP contribution in [0.15, 0.2) is 12.3 Å². The van der Waals surface area contributed by atoms with Crippen LogP contribution >= 0.6 is 0 Å². The molecule has 1 amide bonds. The van der Waals surface area contributed by atoms with Crippen molar-refractivity contribution in [1.29, 1.82) is 0 Å². The third kappa shape index (κ3) is 3.75. The molecular weight excluding hydrogens is 268 g/mol. The number of rotatable bonds is 3. The van der Waals surface area contributed by atoms with Gasteiger partial charge in [-0.15, -0.1) is 0 Å². The number of nitrogens with one attached hydrogen (secondary N) is 2. The van der Waals surface area contributed by atoms with E-state index in [-0.39, 0.29) is 17.7 Å². The van der Waals surface area contributed by atoms with Gasteiger partial charge in [-0.05, 0) is 47.1 Å². The van der Waals surface area contributed by atoms with E-state index in [9.17, 15) is 4.79 Å². The Morgan fingerprint density at radius 3 is 2.86 bits per heavy atom. The lowest BCUT2D eigenvalue weighted by Crippen LogP contribution is -2.53. The molecule has 0 unspecified atom stereocenters. The van der Waals surface area contributed by atoms with Crippen LogP contribution < -0.4 is 5.32 Å². The van der Waals surface area contributed by atoms with Crippen molar-refractivity contribution < 1.29 is 9.53 Å². The summed E-state index contributed by atoms with van der Waals surface area (Å²) in [5, 5.41) is 10.4. The minimum atomic E-state index is -0.464. The zero-order chi connectivity index (χ0) is 15.7. The Bertz CT molecular complexity index is 476. The minimum Gasteiger partial charge on any atom is -0.444 e. The first-order chi connectivity index (χ1) is 9.70. The van der Waals surface area contributed by atoms with Crippen LogP contribution in [-0.2, 0) is 11.3 Å². The first-order valence-corrected chi connectivity index (χ1v) is 7.42. The number of carbonyl (C=O) groups excluding carboxylic acids is 1. The van der Waals surface area contributed by atoms with Gasteiger partial charge in [0.25, 0.3) is 0 Å². The van der Waals surface area contributed by atoms with Crippen molar-refractivity contribution in [2.24, 2.45) is 0 Å². The second kappa shape index (κ2) is 5.67. The maximum Gasteiger partial charge on any atom is 0.410 e. The molecule has 1 aliphatic heterocycles. The Morgan fingerprint density at radius 1 is 1.57 bits per heavy atom. The number of carbonyl (C=O) groups is 1. The third-order valence-corrected chi connectivity index (χ3v) is 3.90. The molecule has 0 saturated carbocycles. The lowest BCUT2D eigenvalue weighted by molar-refractivity contribution is 0.0109. The first-order valence-electron chi connectivity index (χ1n) is 7.42. The highest BCUT2D eigenvalue weighted by Gasteiger charge is 2.45. The zero-order valence-corrected chi connectivity index (χ0v) is 13.6. The molecule has 1 saturated heterocycles. The number of ether oxygens (including phenoxy) is 1. The molecule has 0 aromatic carbocycles. The number of aromatic amines is 1. The van der Waals surface area contributed by atoms with Gasteiger partial charge in [-0.3, -0.25) is 5.10 Å². The van der Waals surface area contributed by atoms with Gasteiger partial charge in [0.15, 0.2) is 0 Å². The van der Waals surface area contributed by atoms with Crippen LogP contribution in [0.5, 0.6) is 0 Å². The van der Waals surface area contributed by atoms with E-state index in [2.05, 4.69) is 29.4 Å². The fourth-order valence-corrected chi connectivity index (χ4v) is 2.70. The van der Waals surface area contributed by atoms with Gasteiger partial charge in [0.05, 0.1) is 5.54 Å². The summed E-state index contributed by atoms with van der Waals surface area (Å²) in [6, 6.07) is 2.17. The average molecular weight is 294 g/mol. The number of hydrogen-bond acceptors (Lipinski definition) is 4. The summed E-state index contributed by atoms with van der Waals surface area (Å²) in [5.41, 5.74) is 0.304. The van der Waals surface area contributed by atoms with Gasteiger partial charge in [0.1, 0.15) is 5.60 Å². The normalized spacial score (nSPS) is 21.6. The summed E-state index contributed by atoms with van der Waals surface area (Å²) in [7, 11) is 0. The van der Waals surface area contributed by atoms with Gasteiger partial charge in [0.2, 0.25) is 0 Å². The highest BCUT2D eigenvalue weighted by Crippen LogP contribution is 2.30. The Morgan fingerprint density at radius 2 is 2.29 bits per heavy atom. The maximum absolute atomic E-state index is 12.3. The highest BCUT2D eigenvalue weighted by molar-refractivity contribution is 5.69. The van der Waals surface area contributed by atoms with Crippen LogP contribution in [0.3, 0.4) is 0 Å². The third-order valence-electron chi connectivity index (χ3n) is 3.90. The van der Waals surface area contributed by atoms with Crippen molar-refractivity contribution in [2.45, 2.75) is 64.8 Å². The van der Waals surface area contributed by atoms with Crippen molar-refractivity contribution in [3.05, 3.63) is 18.0 Å². The van der Waals surface area contributed by atoms with Gasteiger partial charge in [-0.25, -0.2) is 4.79 Å². The molecule has 0 radical (unpaired) electrons. The molecule has 1 atom stereocenters. The zero-order valence-electron chi connectivity index (χ0n) is 13.6. The predicted octanol–water partition coefficient (Wildman–Crippen LogP) is 2.29. The van der Waals surface area contributed by atoms with Gasteiger partial charge in [-0.1, -0.05) is 0 Å². The molecule has 0 spiro atoms. The van der Waals surface area contributed by atoms with E-state index in [0.29, 0.717) is 6.54 Å². The molecule has 6 nitrogen and oxygen atoms in total. The van der Waals surface area contributed by atoms with Gasteiger partial charge < -0.3 is 15.0 Å². The summed E-state index contributed by atoms with van der Waals surface area (Å²) in [4.78, 5) is 14.1. The molecule has 2 rings (SSSR count). The van der Waals surface area contributed by atoms with Gasteiger partial charge >= 0.3 is 6.09 Å². The summed E-state index contributed by atoms with van der Waals surface area (Å²) in [6.07, 6.45) is 2.42. The Labute approximate surface area is 126 Å². The van der Waals surface area contributed by atoms with Crippen molar-refractivity contribution in [3.8, 4) is 0 Å². The molecule has 1 aromatic heterocycles. The summed E-state index contributed by atoms with van der Waals surface area (Å²) >= 11 is 0. The van der Waals surface area contributed by atoms with Gasteiger partial charge in [-0.2, -0.15) is 5.10 Å². The molecule has 118 valence electrons. The standard InChI is InChI=1S/C15H26N4O2/c1-14(2,3)21-13(20)19-9-7-12(15(19,4)5)16-10-11-6-8-17-18-11/h6,8,12,16H,7,9-10H2,1-5H3,(H,17,18)/t12-/m0/s1. The molecule has 2 heterocycles. The quantitative estimate of drug-likeness (QED) is 0.897. The van der Waals surface area contributed by atoms with E-state index in [4.69, 9.17) is 4.74 Å². The van der Waals surface area contributed by atoms with E-state index >= 15 is 0 Å². The molecule has 2 N–H and O–H groups in total. The van der Waals surface area contributed by atoms with E-state index in [0.717, 1.165) is 18.7 Å². The van der Waals surface area contributed by atoms with Crippen molar-refractivity contribution >= 4 is 6.09 Å². The molecule has 21 heavy (non-hydrogen) atoms. The first kappa shape index (κ1) is 15.8. The Hall–Kier alpha value is -1.56. The largest absolute Gasteiger partial charge is 0.444 e. The van der Waals surface area contributed by atoms with Crippen LogP contribution in [0, 0.1) is 0 Å². The predicted molar refractivity (Wildman–Crippen MR) is 80.9 cm³/mol. The Balaban J connectivity index is 1.96. The van der Waals surface area contributed by atoms with Crippen molar-refractivity contribution in [3.63, 3.8) is 0 Å². The molecule has 0 bridgehead atoms. The summed E-state index contributed by atoms with van der Waals surface area (Å²) in [6.45, 7) is 11.3. The second-order valence-corrected chi connectivity index (χ2v) is 7.09. The van der Waals surface area contributed by atoms with Gasteiger partial charge in [0, 0.05) is 31.0 Å². The number of aromatic nitrogens is 2. The van der Waals surface area contributed by atoms with Crippen LogP contribution in [-0.4, -0.2) is 44.9 Å². The van der Waals surface area contributed by atoms with Crippen molar-refractivity contribution in [1.82, 2.24) is 20.4 Å². The molecule has 1 aliphatic rings. The lowest BCUT2D eigenvalue weighted by atomic mass is 9.96. The highest BCUT2D eigenvalue weighted by atomic mass is 16.6. The Kier molecular flexibility index (Phi) is 4.27. The van der Waals surface area contributed by atoms with E-state index in [1.165, 1.54) is 0 Å². The fraction of sp³-hybridized carbons (Fsp3) is 0.733. The van der Waals surface area contributed by atoms with Crippen LogP contribution in [0.1, 0.15) is 46.7 Å². The SMILES string of the molecule is CC(C)(C)OC(=O)N1CC[C@H](NCc2ccn[nH]2)C1(C)C. The van der Waals surface area contributed by atoms with Crippen LogP contribution in [0.2, 0.25) is 0 Å². The molecule has 6 heteroatoms. The summed E-state index contributed by atoms with van der Waals surface area (Å²) in [5.74, 6) is 0. The number of amides is 1. The molecule has 0 aliphatic carbocycles. The van der Waals surface area contributed by atoms with Crippen LogP contribution in [0.25, 0.3) is 0 Å². The lowest BCUT2D eigenvalue weighted by Gasteiger charge is -2.37. The number of nitrogens with zero attached hydrogens (tertiary/aromatic N) is 2. The molecule has 1 fully saturated rings. The average Bonchev–Trinajstić information content (AvgIpc) is 2.91. The van der Waals surface area contributed by atoms with Crippen LogP contribution in [0.4, 0.5) is 4.79 Å². The number of hydrogen-bond donors (Lipinski definition) is 2. The monoisotopic (exact) mass is 294 g/mol. The van der Waals surface area contributed by atoms with Crippen molar-refractivity contribution in [2.75, 3.05) is 6.54 Å². The fourth-order valence-electron chi connectivity index (χ4n) is 2.70. The smallest absolute Gasteiger partial charge is 0.410 e. The van der Waals surface area contributed by atoms with E-state index < -0.39 is 5.60 Å². The van der Waals surface area contributed by atoms with E-state index in [1.54, 1.807) is 6.20 Å². The second-order valence-electron chi connectivity index (χ2n) is 7.09.